The fraction of sp³-hybridized carbons (Fsp3) is 0.346. The van der Waals surface area contributed by atoms with Gasteiger partial charge in [-0.05, 0) is 49.6 Å². The van der Waals surface area contributed by atoms with Gasteiger partial charge in [0.2, 0.25) is 0 Å². The number of nitrogens with one attached hydrogen (secondary N) is 1. The van der Waals surface area contributed by atoms with Gasteiger partial charge in [0.25, 0.3) is 5.88 Å². The van der Waals surface area contributed by atoms with E-state index in [1.54, 1.807) is 0 Å². The molecule has 0 saturated carbocycles. The third-order valence-corrected chi connectivity index (χ3v) is 5.96. The normalized spacial score (nSPS) is 15.6. The molecular weight excluding hydrogens is 525 g/mol. The number of aliphatic imine (C=N–C) groups is 1. The van der Waals surface area contributed by atoms with Crippen LogP contribution in [0.4, 0.5) is 13.2 Å². The summed E-state index contributed by atoms with van der Waals surface area (Å²) in [5.41, 5.74) is 5.42. The number of aromatic nitrogens is 2. The van der Waals surface area contributed by atoms with Crippen molar-refractivity contribution in [3.8, 4) is 17.4 Å². The zero-order valence-corrected chi connectivity index (χ0v) is 21.7. The van der Waals surface area contributed by atoms with Crippen molar-refractivity contribution < 1.29 is 32.2 Å². The standard InChI is InChI=1S/C26H26ClF3N4O4/c1-15-7-8-17(16(2)11-15)12-19-14-37-34-24(31-19)21-22(36-10-9-35-3)23(27)32-33-25(21)38-20-6-4-5-18(13-20)26(28,29)30/h4-8,11,13,19H,9-10,12,14H2,1-3H3,(H,31,34)/t19-/m1/s1. The summed E-state index contributed by atoms with van der Waals surface area (Å²) < 4.78 is 56.4. The molecule has 0 unspecified atom stereocenters. The molecule has 0 bridgehead atoms. The maximum Gasteiger partial charge on any atom is 0.416 e. The molecule has 4 rings (SSSR count). The van der Waals surface area contributed by atoms with E-state index in [9.17, 15) is 13.2 Å². The molecule has 2 heterocycles. The first kappa shape index (κ1) is 27.6. The van der Waals surface area contributed by atoms with Crippen molar-refractivity contribution in [3.05, 3.63) is 75.4 Å². The molecule has 1 aromatic heterocycles. The number of amidine groups is 1. The first-order valence-electron chi connectivity index (χ1n) is 11.7. The number of nitrogens with zero attached hydrogens (tertiary/aromatic N) is 3. The summed E-state index contributed by atoms with van der Waals surface area (Å²) in [6.45, 7) is 4.69. The lowest BCUT2D eigenvalue weighted by molar-refractivity contribution is -0.137. The minimum absolute atomic E-state index is 0.0720. The Hall–Kier alpha value is -3.41. The molecule has 0 radical (unpaired) electrons. The van der Waals surface area contributed by atoms with Gasteiger partial charge in [-0.15, -0.1) is 10.2 Å². The number of hydroxylamine groups is 1. The van der Waals surface area contributed by atoms with Crippen LogP contribution in [0, 0.1) is 13.8 Å². The van der Waals surface area contributed by atoms with Crippen molar-refractivity contribution in [2.75, 3.05) is 26.9 Å². The minimum atomic E-state index is -4.55. The molecule has 0 spiro atoms. The zero-order valence-electron chi connectivity index (χ0n) is 20.9. The smallest absolute Gasteiger partial charge is 0.416 e. The number of rotatable bonds is 9. The molecule has 3 aromatic rings. The molecule has 38 heavy (non-hydrogen) atoms. The molecule has 2 aromatic carbocycles. The second-order valence-electron chi connectivity index (χ2n) is 8.65. The van der Waals surface area contributed by atoms with E-state index in [2.05, 4.69) is 21.7 Å². The number of ether oxygens (including phenoxy) is 3. The number of halogens is 4. The van der Waals surface area contributed by atoms with Crippen LogP contribution in [0.25, 0.3) is 0 Å². The number of alkyl halides is 3. The molecule has 0 fully saturated rings. The number of benzene rings is 2. The lowest BCUT2D eigenvalue weighted by Crippen LogP contribution is -2.37. The minimum Gasteiger partial charge on any atom is -0.487 e. The van der Waals surface area contributed by atoms with Gasteiger partial charge in [0.05, 0.1) is 24.8 Å². The lowest BCUT2D eigenvalue weighted by atomic mass is 9.99. The van der Waals surface area contributed by atoms with Crippen molar-refractivity contribution in [1.29, 1.82) is 0 Å². The van der Waals surface area contributed by atoms with Crippen molar-refractivity contribution in [2.45, 2.75) is 32.5 Å². The summed E-state index contributed by atoms with van der Waals surface area (Å²) in [7, 11) is 1.51. The van der Waals surface area contributed by atoms with E-state index in [-0.39, 0.29) is 59.8 Å². The zero-order chi connectivity index (χ0) is 27.3. The fourth-order valence-corrected chi connectivity index (χ4v) is 4.06. The molecule has 1 aliphatic heterocycles. The Labute approximate surface area is 222 Å². The van der Waals surface area contributed by atoms with E-state index < -0.39 is 11.7 Å². The highest BCUT2D eigenvalue weighted by atomic mass is 35.5. The Morgan fingerprint density at radius 2 is 1.92 bits per heavy atom. The van der Waals surface area contributed by atoms with Crippen LogP contribution < -0.4 is 15.0 Å². The average molecular weight is 551 g/mol. The van der Waals surface area contributed by atoms with Gasteiger partial charge in [0, 0.05) is 7.11 Å². The molecule has 202 valence electrons. The molecule has 12 heteroatoms. The summed E-state index contributed by atoms with van der Waals surface area (Å²) in [6, 6.07) is 10.3. The third kappa shape index (κ3) is 6.72. The Kier molecular flexibility index (Phi) is 8.70. The van der Waals surface area contributed by atoms with E-state index in [1.807, 2.05) is 26.0 Å². The summed E-state index contributed by atoms with van der Waals surface area (Å²) in [5, 5.41) is 7.77. The maximum absolute atomic E-state index is 13.3. The van der Waals surface area contributed by atoms with Crippen molar-refractivity contribution >= 4 is 17.4 Å². The Balaban J connectivity index is 1.73. The molecule has 1 N–H and O–H groups in total. The predicted molar refractivity (Wildman–Crippen MR) is 135 cm³/mol. The number of hydrogen-bond donors (Lipinski definition) is 1. The van der Waals surface area contributed by atoms with Gasteiger partial charge in [-0.1, -0.05) is 41.4 Å². The Morgan fingerprint density at radius 1 is 1.11 bits per heavy atom. The first-order chi connectivity index (χ1) is 18.2. The topological polar surface area (TPSA) is 87.1 Å². The summed E-state index contributed by atoms with van der Waals surface area (Å²) in [5.74, 6) is -0.00669. The van der Waals surface area contributed by atoms with Crippen molar-refractivity contribution in [3.63, 3.8) is 0 Å². The van der Waals surface area contributed by atoms with Crippen LogP contribution in [0.15, 0.2) is 47.5 Å². The number of methoxy groups -OCH3 is 1. The highest BCUT2D eigenvalue weighted by molar-refractivity contribution is 6.31. The van der Waals surface area contributed by atoms with E-state index >= 15 is 0 Å². The van der Waals surface area contributed by atoms with Crippen LogP contribution in [0.3, 0.4) is 0 Å². The summed E-state index contributed by atoms with van der Waals surface area (Å²) >= 11 is 6.32. The van der Waals surface area contributed by atoms with Crippen molar-refractivity contribution in [1.82, 2.24) is 15.7 Å². The predicted octanol–water partition coefficient (Wildman–Crippen LogP) is 5.48. The molecule has 0 aliphatic carbocycles. The summed E-state index contributed by atoms with van der Waals surface area (Å²) in [6.07, 6.45) is -3.96. The molecule has 1 atom stereocenters. The monoisotopic (exact) mass is 550 g/mol. The van der Waals surface area contributed by atoms with Crippen LogP contribution in [0.1, 0.15) is 27.8 Å². The second-order valence-corrected chi connectivity index (χ2v) is 9.01. The Bertz CT molecular complexity index is 1320. The van der Waals surface area contributed by atoms with Gasteiger partial charge in [-0.2, -0.15) is 13.2 Å². The van der Waals surface area contributed by atoms with E-state index in [1.165, 1.54) is 19.2 Å². The third-order valence-electron chi connectivity index (χ3n) is 5.71. The molecule has 0 amide bonds. The largest absolute Gasteiger partial charge is 0.487 e. The van der Waals surface area contributed by atoms with Crippen LogP contribution >= 0.6 is 11.6 Å². The second kappa shape index (κ2) is 12.0. The average Bonchev–Trinajstić information content (AvgIpc) is 2.87. The molecule has 1 aliphatic rings. The highest BCUT2D eigenvalue weighted by Crippen LogP contribution is 2.37. The van der Waals surface area contributed by atoms with Gasteiger partial charge in [0.15, 0.2) is 16.7 Å². The number of hydrogen-bond acceptors (Lipinski definition) is 8. The van der Waals surface area contributed by atoms with E-state index in [0.29, 0.717) is 6.42 Å². The Morgan fingerprint density at radius 3 is 2.66 bits per heavy atom. The highest BCUT2D eigenvalue weighted by Gasteiger charge is 2.32. The molecule has 0 saturated heterocycles. The number of aryl methyl sites for hydroxylation is 2. The van der Waals surface area contributed by atoms with Gasteiger partial charge in [-0.3, -0.25) is 9.83 Å². The van der Waals surface area contributed by atoms with Gasteiger partial charge >= 0.3 is 6.18 Å². The first-order valence-corrected chi connectivity index (χ1v) is 12.1. The fourth-order valence-electron chi connectivity index (χ4n) is 3.87. The molecular formula is C26H26ClF3N4O4. The van der Waals surface area contributed by atoms with Crippen LogP contribution in [-0.4, -0.2) is 49.0 Å². The van der Waals surface area contributed by atoms with Crippen LogP contribution in [-0.2, 0) is 22.2 Å². The SMILES string of the molecule is COCCOc1c(Cl)nnc(Oc2cccc(C(F)(F)F)c2)c1C1=N[C@H](Cc2ccc(C)cc2C)CON1. The lowest BCUT2D eigenvalue weighted by Gasteiger charge is -2.24. The van der Waals surface area contributed by atoms with E-state index in [4.69, 9.17) is 35.6 Å². The maximum atomic E-state index is 13.3. The molecule has 8 nitrogen and oxygen atoms in total. The van der Waals surface area contributed by atoms with Gasteiger partial charge in [-0.25, -0.2) is 5.48 Å². The van der Waals surface area contributed by atoms with E-state index in [0.717, 1.165) is 28.8 Å². The summed E-state index contributed by atoms with van der Waals surface area (Å²) in [4.78, 5) is 10.4. The quantitative estimate of drug-likeness (QED) is 0.353. The van der Waals surface area contributed by atoms with Crippen LogP contribution in [0.5, 0.6) is 17.4 Å². The van der Waals surface area contributed by atoms with Gasteiger partial charge in [0.1, 0.15) is 17.9 Å². The van der Waals surface area contributed by atoms with Gasteiger partial charge < -0.3 is 14.2 Å². The van der Waals surface area contributed by atoms with Crippen molar-refractivity contribution in [2.24, 2.45) is 4.99 Å². The van der Waals surface area contributed by atoms with Crippen LogP contribution in [0.2, 0.25) is 5.15 Å².